The zero-order valence-electron chi connectivity index (χ0n) is 12.1. The Hall–Kier alpha value is -2.79. The highest BCUT2D eigenvalue weighted by Crippen LogP contribution is 2.10. The maximum Gasteiger partial charge on any atom is 0.335 e. The number of hydrogen-bond acceptors (Lipinski definition) is 2. The molecule has 0 atom stereocenters. The zero-order chi connectivity index (χ0) is 16.7. The molecule has 0 saturated carbocycles. The van der Waals surface area contributed by atoms with E-state index in [0.29, 0.717) is 11.6 Å². The summed E-state index contributed by atoms with van der Waals surface area (Å²) in [5.74, 6) is -0.977. The Morgan fingerprint density at radius 3 is 2.30 bits per heavy atom. The number of aromatic carboxylic acids is 1. The summed E-state index contributed by atoms with van der Waals surface area (Å²) in [7, 11) is 0. The molecule has 3 N–H and O–H groups in total. The smallest absolute Gasteiger partial charge is 0.335 e. The molecule has 0 saturated heterocycles. The Bertz CT molecular complexity index is 710. The Morgan fingerprint density at radius 2 is 1.70 bits per heavy atom. The number of urea groups is 1. The van der Waals surface area contributed by atoms with Crippen molar-refractivity contribution in [3.8, 4) is 0 Å². The summed E-state index contributed by atoms with van der Waals surface area (Å²) in [6, 6.07) is 13.2. The van der Waals surface area contributed by atoms with Gasteiger partial charge in [-0.15, -0.1) is 0 Å². The summed E-state index contributed by atoms with van der Waals surface area (Å²) in [6.45, 7) is 0.306. The number of amides is 2. The topological polar surface area (TPSA) is 78.4 Å². The quantitative estimate of drug-likeness (QED) is 0.785. The fourth-order valence-electron chi connectivity index (χ4n) is 1.79. The first-order valence-electron chi connectivity index (χ1n) is 6.83. The standard InChI is InChI=1S/C17H15ClN2O3/c18-15-7-3-12(4-8-15)9-10-19-17(23)20-11-13-1-5-14(6-2-13)16(21)22/h1-10H,11H2,(H,21,22)(H2,19,20,23)/b10-9+. The number of carbonyl (C=O) groups excluding carboxylic acids is 1. The minimum absolute atomic E-state index is 0.212. The lowest BCUT2D eigenvalue weighted by molar-refractivity contribution is 0.0697. The van der Waals surface area contributed by atoms with Crippen LogP contribution in [0, 0.1) is 0 Å². The number of nitrogens with one attached hydrogen (secondary N) is 2. The predicted molar refractivity (Wildman–Crippen MR) is 89.3 cm³/mol. The first-order chi connectivity index (χ1) is 11.0. The summed E-state index contributed by atoms with van der Waals surface area (Å²) in [4.78, 5) is 22.4. The normalized spacial score (nSPS) is 10.5. The maximum atomic E-state index is 11.6. The van der Waals surface area contributed by atoms with Gasteiger partial charge in [0.15, 0.2) is 0 Å². The molecule has 5 nitrogen and oxygen atoms in total. The Kier molecular flexibility index (Phi) is 5.77. The van der Waals surface area contributed by atoms with Crippen molar-refractivity contribution in [2.75, 3.05) is 0 Å². The number of halogens is 1. The molecule has 0 radical (unpaired) electrons. The number of carboxylic acid groups (broad SMARTS) is 1. The third-order valence-electron chi connectivity index (χ3n) is 3.01. The molecule has 2 rings (SSSR count). The van der Waals surface area contributed by atoms with E-state index in [2.05, 4.69) is 10.6 Å². The summed E-state index contributed by atoms with van der Waals surface area (Å²) < 4.78 is 0. The van der Waals surface area contributed by atoms with Crippen molar-refractivity contribution in [2.24, 2.45) is 0 Å². The largest absolute Gasteiger partial charge is 0.478 e. The van der Waals surface area contributed by atoms with Gasteiger partial charge in [-0.25, -0.2) is 9.59 Å². The number of carbonyl (C=O) groups is 2. The molecular weight excluding hydrogens is 316 g/mol. The molecule has 0 unspecified atom stereocenters. The SMILES string of the molecule is O=C(N/C=C/c1ccc(Cl)cc1)NCc1ccc(C(=O)O)cc1. The van der Waals surface area contributed by atoms with E-state index in [4.69, 9.17) is 16.7 Å². The van der Waals surface area contributed by atoms with Crippen molar-refractivity contribution in [1.82, 2.24) is 10.6 Å². The highest BCUT2D eigenvalue weighted by atomic mass is 35.5. The molecule has 0 spiro atoms. The molecule has 0 aliphatic heterocycles. The molecule has 6 heteroatoms. The van der Waals surface area contributed by atoms with Crippen molar-refractivity contribution in [2.45, 2.75) is 6.54 Å². The van der Waals surface area contributed by atoms with E-state index < -0.39 is 5.97 Å². The van der Waals surface area contributed by atoms with Crippen molar-refractivity contribution in [3.05, 3.63) is 76.4 Å². The van der Waals surface area contributed by atoms with Gasteiger partial charge in [-0.2, -0.15) is 0 Å². The summed E-state index contributed by atoms with van der Waals surface area (Å²) in [6.07, 6.45) is 3.28. The first-order valence-corrected chi connectivity index (χ1v) is 7.21. The molecular formula is C17H15ClN2O3. The van der Waals surface area contributed by atoms with E-state index in [1.54, 1.807) is 30.3 Å². The molecule has 0 fully saturated rings. The van der Waals surface area contributed by atoms with E-state index in [1.807, 2.05) is 12.1 Å². The van der Waals surface area contributed by atoms with Crippen LogP contribution >= 0.6 is 11.6 Å². The van der Waals surface area contributed by atoms with E-state index in [0.717, 1.165) is 11.1 Å². The van der Waals surface area contributed by atoms with E-state index in [9.17, 15) is 9.59 Å². The lowest BCUT2D eigenvalue weighted by atomic mass is 10.1. The van der Waals surface area contributed by atoms with E-state index in [1.165, 1.54) is 18.3 Å². The van der Waals surface area contributed by atoms with Crippen LogP contribution < -0.4 is 10.6 Å². The fourth-order valence-corrected chi connectivity index (χ4v) is 1.91. The van der Waals surface area contributed by atoms with Crippen LogP contribution in [-0.4, -0.2) is 17.1 Å². The van der Waals surface area contributed by atoms with Gasteiger partial charge in [0.2, 0.25) is 0 Å². The van der Waals surface area contributed by atoms with Gasteiger partial charge in [-0.05, 0) is 41.5 Å². The van der Waals surface area contributed by atoms with Crippen LogP contribution in [0.5, 0.6) is 0 Å². The highest BCUT2D eigenvalue weighted by molar-refractivity contribution is 6.30. The molecule has 2 aromatic rings. The van der Waals surface area contributed by atoms with Gasteiger partial charge in [0.25, 0.3) is 0 Å². The predicted octanol–water partition coefficient (Wildman–Crippen LogP) is 3.51. The lowest BCUT2D eigenvalue weighted by Crippen LogP contribution is -2.31. The van der Waals surface area contributed by atoms with Gasteiger partial charge in [0.1, 0.15) is 0 Å². The molecule has 0 aliphatic carbocycles. The van der Waals surface area contributed by atoms with Gasteiger partial charge in [-0.3, -0.25) is 0 Å². The van der Waals surface area contributed by atoms with Crippen molar-refractivity contribution in [1.29, 1.82) is 0 Å². The minimum atomic E-state index is -0.977. The van der Waals surface area contributed by atoms with Crippen LogP contribution in [0.3, 0.4) is 0 Å². The third-order valence-corrected chi connectivity index (χ3v) is 3.27. The third kappa shape index (κ3) is 5.48. The van der Waals surface area contributed by atoms with Crippen LogP contribution in [0.15, 0.2) is 54.7 Å². The molecule has 0 heterocycles. The second kappa shape index (κ2) is 8.00. The zero-order valence-corrected chi connectivity index (χ0v) is 12.9. The Labute approximate surface area is 138 Å². The van der Waals surface area contributed by atoms with Gasteiger partial charge in [0.05, 0.1) is 5.56 Å². The molecule has 2 amide bonds. The fraction of sp³-hybridized carbons (Fsp3) is 0.0588. The molecule has 0 aliphatic rings. The Balaban J connectivity index is 1.78. The van der Waals surface area contributed by atoms with Crippen LogP contribution in [0.1, 0.15) is 21.5 Å². The van der Waals surface area contributed by atoms with Crippen molar-refractivity contribution in [3.63, 3.8) is 0 Å². The molecule has 118 valence electrons. The van der Waals surface area contributed by atoms with E-state index in [-0.39, 0.29) is 11.6 Å². The van der Waals surface area contributed by atoms with Crippen LogP contribution in [-0.2, 0) is 6.54 Å². The lowest BCUT2D eigenvalue weighted by Gasteiger charge is -2.05. The van der Waals surface area contributed by atoms with Crippen molar-refractivity contribution >= 4 is 29.7 Å². The number of hydrogen-bond donors (Lipinski definition) is 3. The van der Waals surface area contributed by atoms with Gasteiger partial charge in [-0.1, -0.05) is 35.9 Å². The van der Waals surface area contributed by atoms with Crippen molar-refractivity contribution < 1.29 is 14.7 Å². The molecule has 0 aromatic heterocycles. The van der Waals surface area contributed by atoms with E-state index >= 15 is 0 Å². The second-order valence-electron chi connectivity index (χ2n) is 4.71. The second-order valence-corrected chi connectivity index (χ2v) is 5.15. The molecule has 2 aromatic carbocycles. The average Bonchev–Trinajstić information content (AvgIpc) is 2.55. The van der Waals surface area contributed by atoms with Gasteiger partial charge < -0.3 is 15.7 Å². The van der Waals surface area contributed by atoms with Crippen LogP contribution in [0.4, 0.5) is 4.79 Å². The summed E-state index contributed by atoms with van der Waals surface area (Å²) >= 11 is 5.79. The van der Waals surface area contributed by atoms with Gasteiger partial charge in [0, 0.05) is 17.8 Å². The number of benzene rings is 2. The minimum Gasteiger partial charge on any atom is -0.478 e. The number of carboxylic acids is 1. The first kappa shape index (κ1) is 16.6. The Morgan fingerprint density at radius 1 is 1.04 bits per heavy atom. The van der Waals surface area contributed by atoms with Gasteiger partial charge >= 0.3 is 12.0 Å². The van der Waals surface area contributed by atoms with Crippen LogP contribution in [0.2, 0.25) is 5.02 Å². The maximum absolute atomic E-state index is 11.6. The molecule has 0 bridgehead atoms. The molecule has 23 heavy (non-hydrogen) atoms. The summed E-state index contributed by atoms with van der Waals surface area (Å²) in [5, 5.41) is 14.7. The number of rotatable bonds is 5. The monoisotopic (exact) mass is 330 g/mol. The summed E-state index contributed by atoms with van der Waals surface area (Å²) in [5.41, 5.74) is 1.94. The van der Waals surface area contributed by atoms with Crippen LogP contribution in [0.25, 0.3) is 6.08 Å². The average molecular weight is 331 g/mol. The highest BCUT2D eigenvalue weighted by Gasteiger charge is 2.02.